The van der Waals surface area contributed by atoms with Crippen molar-refractivity contribution in [3.63, 3.8) is 0 Å². The first-order valence-corrected chi connectivity index (χ1v) is 25.9. The van der Waals surface area contributed by atoms with Crippen LogP contribution in [0.1, 0.15) is 22.9 Å². The Hall–Kier alpha value is -6.82. The number of phosphoric acid groups is 2. The lowest BCUT2D eigenvalue weighted by Crippen LogP contribution is -2.48. The van der Waals surface area contributed by atoms with Gasteiger partial charge in [-0.2, -0.15) is 0 Å². The molecule has 3 aliphatic rings. The molecule has 5 aromatic rings. The van der Waals surface area contributed by atoms with Gasteiger partial charge in [0.25, 0.3) is 0 Å². The summed E-state index contributed by atoms with van der Waals surface area (Å²) in [5, 5.41) is 36.5. The number of benzene rings is 3. The highest BCUT2D eigenvalue weighted by atomic mass is 31.2. The molecule has 5 heterocycles. The van der Waals surface area contributed by atoms with Gasteiger partial charge in [-0.25, -0.2) is 43.1 Å². The number of amidine groups is 1. The quantitative estimate of drug-likeness (QED) is 0.0387. The first-order valence-electron chi connectivity index (χ1n) is 22.8. The summed E-state index contributed by atoms with van der Waals surface area (Å²) in [7, 11) is -9.40. The van der Waals surface area contributed by atoms with Crippen LogP contribution in [0.4, 0.5) is 20.7 Å². The number of hydrogen-bond acceptors (Lipinski definition) is 22. The van der Waals surface area contributed by atoms with Gasteiger partial charge in [0.05, 0.1) is 26.0 Å². The number of nitrogens with one attached hydrogen (secondary N) is 1. The topological polar surface area (TPSA) is 398 Å². The fourth-order valence-electron chi connectivity index (χ4n) is 8.22. The van der Waals surface area contributed by atoms with Gasteiger partial charge in [-0.05, 0) is 47.0 Å². The molecule has 406 valence electrons. The summed E-state index contributed by atoms with van der Waals surface area (Å²) in [5.41, 5.74) is 13.9. The Morgan fingerprint density at radius 1 is 0.842 bits per heavy atom. The van der Waals surface area contributed by atoms with Crippen LogP contribution in [0.5, 0.6) is 0 Å². The Kier molecular flexibility index (Phi) is 17.2. The number of anilines is 2. The Balaban J connectivity index is 0.985. The number of aromatic nitrogens is 4. The molecule has 0 radical (unpaired) electrons. The summed E-state index contributed by atoms with van der Waals surface area (Å²) in [6.45, 7) is -2.32. The van der Waals surface area contributed by atoms with E-state index >= 15 is 0 Å². The largest absolute Gasteiger partial charge is 0.472 e. The van der Waals surface area contributed by atoms with Crippen LogP contribution in [-0.2, 0) is 70.7 Å². The van der Waals surface area contributed by atoms with E-state index in [1.807, 2.05) is 0 Å². The van der Waals surface area contributed by atoms with Gasteiger partial charge in [-0.1, -0.05) is 54.6 Å². The first kappa shape index (κ1) is 55.4. The molecule has 31 heteroatoms. The van der Waals surface area contributed by atoms with Crippen LogP contribution in [0.3, 0.4) is 0 Å². The molecule has 0 spiro atoms. The molecular weight excluding hydrogens is 1050 g/mol. The van der Waals surface area contributed by atoms with Gasteiger partial charge in [-0.3, -0.25) is 27.8 Å². The number of likely N-dealkylation sites (N-methyl/N-ethyl adjacent to an activating group) is 1. The third-order valence-corrected chi connectivity index (χ3v) is 13.5. The summed E-state index contributed by atoms with van der Waals surface area (Å²) in [4.78, 5) is 88.7. The number of esters is 1. The van der Waals surface area contributed by atoms with Crippen LogP contribution in [0.2, 0.25) is 0 Å². The molecule has 0 saturated carbocycles. The zero-order valence-electron chi connectivity index (χ0n) is 39.8. The summed E-state index contributed by atoms with van der Waals surface area (Å²) in [6.07, 6.45) is -12.2. The number of aliphatic hydroxyl groups is 3. The third-order valence-electron chi connectivity index (χ3n) is 12.0. The summed E-state index contributed by atoms with van der Waals surface area (Å²) in [6, 6.07) is 18.9. The lowest BCUT2D eigenvalue weighted by atomic mass is 10.0. The highest BCUT2D eigenvalue weighted by Crippen LogP contribution is 2.49. The molecule has 8 rings (SSSR count). The van der Waals surface area contributed by atoms with Gasteiger partial charge >= 0.3 is 27.7 Å². The van der Waals surface area contributed by atoms with Crippen LogP contribution in [0, 0.1) is 5.82 Å². The van der Waals surface area contributed by atoms with E-state index in [9.17, 15) is 57.9 Å². The number of carbonyl (C=O) groups is 3. The fraction of sp³-hybridized carbons (Fsp3) is 0.356. The molecular formula is C45H51FN10O18P2. The maximum Gasteiger partial charge on any atom is 0.472 e. The molecule has 28 nitrogen and oxygen atoms in total. The molecule has 2 amide bonds. The number of phosphoric ester groups is 2. The minimum Gasteiger partial charge on any atom is -0.455 e. The molecule has 3 aliphatic heterocycles. The summed E-state index contributed by atoms with van der Waals surface area (Å²) in [5.74, 6) is -2.03. The maximum atomic E-state index is 14.5. The van der Waals surface area contributed by atoms with Gasteiger partial charge in [-0.15, -0.1) is 0 Å². The van der Waals surface area contributed by atoms with E-state index in [1.54, 1.807) is 54.6 Å². The van der Waals surface area contributed by atoms with E-state index in [2.05, 4.69) is 29.8 Å². The number of aliphatic hydroxyl groups excluding tert-OH is 3. The van der Waals surface area contributed by atoms with Crippen LogP contribution in [-0.4, -0.2) is 159 Å². The molecule has 11 N–H and O–H groups in total. The van der Waals surface area contributed by atoms with Crippen molar-refractivity contribution in [3.05, 3.63) is 126 Å². The molecule has 2 saturated heterocycles. The van der Waals surface area contributed by atoms with Gasteiger partial charge < -0.3 is 70.6 Å². The molecule has 2 fully saturated rings. The standard InChI is InChI=1S/C45H51FN10O18P2/c1-54(45(62)68-19-26-9-13-28(14-10-26)52-33(57)18-25-7-11-27(46)12-8-25)29(17-24-5-3-2-4-6-24)43(60)73-37-30(71-42(35(37)58)56-23-51-34-39(48)49-22-50-40(34)56)21-70-76(66,67)74-38-31(20-69-75(63,64)65)72-41(36(38)59)55-16-15-32(47)53-44(55)61/h2-16,22-23,29-31,35-38,41-42,44,58-59,61H,17-21H2,1H3,(H2,47,53)(H,52,57)(H,66,67)(H2,48,49,50)(H2,63,64,65)/t29-,30?,31+,35-,36-,37-,38-,41+,42+,44?/m0/s1. The van der Waals surface area contributed by atoms with E-state index < -0.39 is 108 Å². The van der Waals surface area contributed by atoms with Crippen molar-refractivity contribution in [1.29, 1.82) is 0 Å². The van der Waals surface area contributed by atoms with E-state index in [1.165, 1.54) is 54.5 Å². The van der Waals surface area contributed by atoms with E-state index in [-0.39, 0.29) is 48.2 Å². The second-order valence-corrected chi connectivity index (χ2v) is 19.9. The number of nitrogens with zero attached hydrogens (tertiary/aromatic N) is 7. The van der Waals surface area contributed by atoms with E-state index in [0.717, 1.165) is 16.1 Å². The van der Waals surface area contributed by atoms with Crippen molar-refractivity contribution in [2.24, 2.45) is 10.7 Å². The van der Waals surface area contributed by atoms with Crippen LogP contribution in [0.25, 0.3) is 11.2 Å². The number of rotatable bonds is 20. The van der Waals surface area contributed by atoms with Crippen molar-refractivity contribution in [2.45, 2.75) is 80.9 Å². The zero-order valence-corrected chi connectivity index (χ0v) is 41.6. The van der Waals surface area contributed by atoms with E-state index in [4.69, 9.17) is 39.5 Å². The SMILES string of the molecule is CN(C(=O)OCc1ccc(NC(=O)Cc2ccc(F)cc2)cc1)[C@@H](Cc1ccccc1)C(=O)O[C@H]1C(COP(=O)(O)O[C@@H]2[C@H](O)[C@H](N3C=CC(N)=NC3O)O[C@@H]2COP(=O)(O)O)O[C@@H](n2cnc3c(N)ncnc32)[C@H]1O. The predicted molar refractivity (Wildman–Crippen MR) is 259 cm³/mol. The zero-order chi connectivity index (χ0) is 54.5. The minimum atomic E-state index is -5.47. The van der Waals surface area contributed by atoms with Crippen molar-refractivity contribution in [1.82, 2.24) is 29.3 Å². The fourth-order valence-corrected chi connectivity index (χ4v) is 9.52. The third kappa shape index (κ3) is 13.6. The summed E-state index contributed by atoms with van der Waals surface area (Å²) >= 11 is 0. The number of aliphatic imine (C=N–C) groups is 1. The Morgan fingerprint density at radius 2 is 1.50 bits per heavy atom. The average Bonchev–Trinajstić information content (AvgIpc) is 4.06. The smallest absolute Gasteiger partial charge is 0.455 e. The molecule has 0 bridgehead atoms. The number of carbonyl (C=O) groups excluding carboxylic acids is 3. The number of nitrogens with two attached hydrogens (primary N) is 2. The Labute approximate surface area is 430 Å². The van der Waals surface area contributed by atoms with Crippen LogP contribution >= 0.6 is 15.6 Å². The number of amides is 2. The van der Waals surface area contributed by atoms with Crippen LogP contribution in [0.15, 0.2) is 109 Å². The normalized spacial score (nSPS) is 24.7. The number of imidazole rings is 1. The highest BCUT2D eigenvalue weighted by molar-refractivity contribution is 7.47. The number of ether oxygens (including phenoxy) is 4. The molecule has 11 atom stereocenters. The lowest BCUT2D eigenvalue weighted by molar-refractivity contribution is -0.162. The first-order chi connectivity index (χ1) is 36.1. The molecule has 3 unspecified atom stereocenters. The second-order valence-electron chi connectivity index (χ2n) is 17.3. The number of hydrogen-bond donors (Lipinski definition) is 9. The minimum absolute atomic E-state index is 0.000781. The second kappa shape index (κ2) is 23.6. The van der Waals surface area contributed by atoms with Gasteiger partial charge in [0.15, 0.2) is 30.0 Å². The Bertz CT molecular complexity index is 3030. The lowest BCUT2D eigenvalue weighted by Gasteiger charge is -2.33. The van der Waals surface area contributed by atoms with Crippen molar-refractivity contribution < 1.29 is 90.4 Å². The Morgan fingerprint density at radius 3 is 2.20 bits per heavy atom. The average molecular weight is 1100 g/mol. The molecule has 3 aromatic carbocycles. The van der Waals surface area contributed by atoms with Crippen LogP contribution < -0.4 is 16.8 Å². The molecule has 0 aliphatic carbocycles. The van der Waals surface area contributed by atoms with E-state index in [0.29, 0.717) is 22.4 Å². The number of nitrogen functional groups attached to an aromatic ring is 1. The van der Waals surface area contributed by atoms with Crippen molar-refractivity contribution in [3.8, 4) is 0 Å². The maximum absolute atomic E-state index is 14.5. The molecule has 2 aromatic heterocycles. The van der Waals surface area contributed by atoms with Gasteiger partial charge in [0.1, 0.15) is 66.7 Å². The monoisotopic (exact) mass is 1100 g/mol. The van der Waals surface area contributed by atoms with Crippen molar-refractivity contribution in [2.75, 3.05) is 31.3 Å². The number of fused-ring (bicyclic) bond motifs is 1. The van der Waals surface area contributed by atoms with Gasteiger partial charge in [0, 0.05) is 25.4 Å². The molecule has 76 heavy (non-hydrogen) atoms. The highest BCUT2D eigenvalue weighted by Gasteiger charge is 2.53. The predicted octanol–water partition coefficient (Wildman–Crippen LogP) is 0.939. The van der Waals surface area contributed by atoms with Crippen molar-refractivity contribution >= 4 is 62.1 Å². The number of halogens is 1. The van der Waals surface area contributed by atoms with Gasteiger partial charge in [0.2, 0.25) is 12.3 Å². The summed E-state index contributed by atoms with van der Waals surface area (Å²) < 4.78 is 78.5.